The van der Waals surface area contributed by atoms with E-state index >= 15 is 0 Å². The molecule has 13 heteroatoms. The molecule has 1 amide bonds. The first-order valence-corrected chi connectivity index (χ1v) is 15.7. The van der Waals surface area contributed by atoms with E-state index in [-0.39, 0.29) is 19.0 Å². The highest BCUT2D eigenvalue weighted by Crippen LogP contribution is 2.36. The lowest BCUT2D eigenvalue weighted by Crippen LogP contribution is -2.54. The second kappa shape index (κ2) is 17.2. The number of methoxy groups -OCH3 is 2. The van der Waals surface area contributed by atoms with E-state index in [4.69, 9.17) is 28.4 Å². The Morgan fingerprint density at radius 2 is 1.72 bits per heavy atom. The van der Waals surface area contributed by atoms with Gasteiger partial charge in [0.25, 0.3) is 0 Å². The van der Waals surface area contributed by atoms with Crippen LogP contribution in [-0.4, -0.2) is 117 Å². The Morgan fingerprint density at radius 3 is 2.46 bits per heavy atom. The molecule has 0 saturated carbocycles. The van der Waals surface area contributed by atoms with Crippen LogP contribution in [-0.2, 0) is 43.4 Å². The topological polar surface area (TPSA) is 130 Å². The molecule has 1 fully saturated rings. The van der Waals surface area contributed by atoms with E-state index in [2.05, 4.69) is 33.2 Å². The monoisotopic (exact) mass is 639 g/mol. The average Bonchev–Trinajstić information content (AvgIpc) is 3.60. The van der Waals surface area contributed by atoms with E-state index in [1.807, 2.05) is 24.3 Å². The van der Waals surface area contributed by atoms with Crippen LogP contribution in [0, 0.1) is 0 Å². The molecule has 0 spiro atoms. The summed E-state index contributed by atoms with van der Waals surface area (Å²) < 4.78 is 36.7. The van der Waals surface area contributed by atoms with E-state index < -0.39 is 18.3 Å². The summed E-state index contributed by atoms with van der Waals surface area (Å²) >= 11 is 0. The van der Waals surface area contributed by atoms with Gasteiger partial charge in [-0.2, -0.15) is 5.10 Å². The molecule has 5 rings (SSSR count). The summed E-state index contributed by atoms with van der Waals surface area (Å²) in [5.74, 6) is 0.647. The Bertz CT molecular complexity index is 1340. The molecule has 3 aromatic rings. The van der Waals surface area contributed by atoms with Gasteiger partial charge in [0.2, 0.25) is 0 Å². The van der Waals surface area contributed by atoms with Gasteiger partial charge in [0.05, 0.1) is 77.1 Å². The lowest BCUT2D eigenvalue weighted by Gasteiger charge is -2.42. The normalized spacial score (nSPS) is 19.6. The van der Waals surface area contributed by atoms with E-state index in [1.54, 1.807) is 25.2 Å². The zero-order valence-corrected chi connectivity index (χ0v) is 26.7. The summed E-state index contributed by atoms with van der Waals surface area (Å²) in [7, 11) is 3.36. The second-order valence-corrected chi connectivity index (χ2v) is 11.4. The van der Waals surface area contributed by atoms with Gasteiger partial charge in [-0.25, -0.2) is 9.78 Å². The van der Waals surface area contributed by atoms with Crippen molar-refractivity contribution in [3.63, 3.8) is 0 Å². The van der Waals surface area contributed by atoms with Gasteiger partial charge < -0.3 is 43.3 Å². The molecule has 2 aliphatic heterocycles. The van der Waals surface area contributed by atoms with Gasteiger partial charge in [-0.05, 0) is 35.2 Å². The zero-order valence-electron chi connectivity index (χ0n) is 26.7. The number of anilines is 1. The molecule has 0 unspecified atom stereocenters. The molecule has 250 valence electrons. The van der Waals surface area contributed by atoms with Gasteiger partial charge in [0.15, 0.2) is 0 Å². The van der Waals surface area contributed by atoms with Crippen molar-refractivity contribution in [2.75, 3.05) is 78.3 Å². The lowest BCUT2D eigenvalue weighted by atomic mass is 9.84. The van der Waals surface area contributed by atoms with Crippen LogP contribution in [0.25, 0.3) is 0 Å². The van der Waals surface area contributed by atoms with Crippen LogP contribution >= 0.6 is 0 Å². The van der Waals surface area contributed by atoms with Gasteiger partial charge in [0, 0.05) is 33.3 Å². The predicted molar refractivity (Wildman–Crippen MR) is 169 cm³/mol. The summed E-state index contributed by atoms with van der Waals surface area (Å²) in [6.07, 6.45) is 2.14. The number of ether oxygens (including phenoxy) is 6. The van der Waals surface area contributed by atoms with Crippen molar-refractivity contribution in [2.45, 2.75) is 44.3 Å². The van der Waals surface area contributed by atoms with Crippen LogP contribution in [0.1, 0.15) is 29.0 Å². The first-order chi connectivity index (χ1) is 22.6. The van der Waals surface area contributed by atoms with Crippen molar-refractivity contribution < 1.29 is 38.3 Å². The number of fused-ring (bicyclic) bond motifs is 1. The molecule has 3 atom stereocenters. The molecule has 0 radical (unpaired) electrons. The fraction of sp³-hybridized carbons (Fsp3) is 0.545. The molecule has 2 aliphatic rings. The molecular weight excluding hydrogens is 594 g/mol. The van der Waals surface area contributed by atoms with Gasteiger partial charge in [-0.3, -0.25) is 4.68 Å². The molecular formula is C33H45N5O8. The SMILES string of the molecule is COCCCN1CCOc2ccc(CO[C@H]3CN(C(=O)O)C[C@@H](OCCn4cncn4)[C@@H]3c3ccc(COCCOC)cc3)cc21. The molecule has 46 heavy (non-hydrogen) atoms. The van der Waals surface area contributed by atoms with Crippen molar-refractivity contribution >= 4 is 11.8 Å². The van der Waals surface area contributed by atoms with Crippen molar-refractivity contribution in [3.05, 3.63) is 71.8 Å². The number of carboxylic acid groups (broad SMARTS) is 1. The number of carbonyl (C=O) groups is 1. The number of benzene rings is 2. The third-order valence-corrected chi connectivity index (χ3v) is 8.28. The highest BCUT2D eigenvalue weighted by atomic mass is 16.5. The Morgan fingerprint density at radius 1 is 0.935 bits per heavy atom. The Labute approximate surface area is 269 Å². The standard InChI is InChI=1S/C33H45N5O8/c1-41-13-3-10-36-11-14-44-29-9-6-26(18-28(29)36)22-46-31-20-37(33(39)40)19-30(45-15-12-38-24-34-23-35-38)32(31)27-7-4-25(5-8-27)21-43-17-16-42-2/h4-9,18,23-24,30-32H,3,10-17,19-22H2,1-2H3,(H,39,40)/t30-,31+,32+/m1/s1. The van der Waals surface area contributed by atoms with E-state index in [1.165, 1.54) is 11.2 Å². The van der Waals surface area contributed by atoms with Crippen LogP contribution in [0.4, 0.5) is 10.5 Å². The Kier molecular flexibility index (Phi) is 12.6. The van der Waals surface area contributed by atoms with Crippen molar-refractivity contribution in [1.82, 2.24) is 19.7 Å². The van der Waals surface area contributed by atoms with Crippen LogP contribution in [0.15, 0.2) is 55.1 Å². The summed E-state index contributed by atoms with van der Waals surface area (Å²) in [5, 5.41) is 14.2. The number of nitrogens with zero attached hydrogens (tertiary/aromatic N) is 5. The average molecular weight is 640 g/mol. The minimum atomic E-state index is -1.00. The summed E-state index contributed by atoms with van der Waals surface area (Å²) in [4.78, 5) is 20.0. The number of likely N-dealkylation sites (tertiary alicyclic amines) is 1. The molecule has 3 heterocycles. The molecule has 1 N–H and O–H groups in total. The quantitative estimate of drug-likeness (QED) is 0.218. The van der Waals surface area contributed by atoms with Crippen LogP contribution in [0.3, 0.4) is 0 Å². The molecule has 2 aromatic carbocycles. The largest absolute Gasteiger partial charge is 0.490 e. The first kappa shape index (κ1) is 33.6. The third kappa shape index (κ3) is 9.17. The number of hydrogen-bond acceptors (Lipinski definition) is 10. The number of rotatable bonds is 17. The smallest absolute Gasteiger partial charge is 0.407 e. The van der Waals surface area contributed by atoms with Gasteiger partial charge in [0.1, 0.15) is 25.0 Å². The Hall–Kier alpha value is -3.75. The Balaban J connectivity index is 1.34. The molecule has 13 nitrogen and oxygen atoms in total. The first-order valence-electron chi connectivity index (χ1n) is 15.7. The van der Waals surface area contributed by atoms with Crippen molar-refractivity contribution in [3.8, 4) is 5.75 Å². The zero-order chi connectivity index (χ0) is 32.1. The summed E-state index contributed by atoms with van der Waals surface area (Å²) in [6, 6.07) is 14.3. The molecule has 0 aliphatic carbocycles. The van der Waals surface area contributed by atoms with E-state index in [9.17, 15) is 9.90 Å². The van der Waals surface area contributed by atoms with Gasteiger partial charge >= 0.3 is 6.09 Å². The number of aromatic nitrogens is 3. The molecule has 1 aromatic heterocycles. The second-order valence-electron chi connectivity index (χ2n) is 11.4. The lowest BCUT2D eigenvalue weighted by molar-refractivity contribution is -0.0906. The van der Waals surface area contributed by atoms with Crippen molar-refractivity contribution in [1.29, 1.82) is 0 Å². The molecule has 1 saturated heterocycles. The van der Waals surface area contributed by atoms with E-state index in [0.717, 1.165) is 47.6 Å². The maximum absolute atomic E-state index is 12.3. The summed E-state index contributed by atoms with van der Waals surface area (Å²) in [5.41, 5.74) is 4.08. The highest BCUT2D eigenvalue weighted by Gasteiger charge is 2.41. The fourth-order valence-electron chi connectivity index (χ4n) is 5.93. The summed E-state index contributed by atoms with van der Waals surface area (Å²) in [6.45, 7) is 6.15. The predicted octanol–water partition coefficient (Wildman–Crippen LogP) is 3.42. The minimum absolute atomic E-state index is 0.207. The maximum Gasteiger partial charge on any atom is 0.407 e. The third-order valence-electron chi connectivity index (χ3n) is 8.28. The number of amides is 1. The maximum atomic E-state index is 12.3. The van der Waals surface area contributed by atoms with Gasteiger partial charge in [-0.15, -0.1) is 0 Å². The van der Waals surface area contributed by atoms with Gasteiger partial charge in [-0.1, -0.05) is 30.3 Å². The van der Waals surface area contributed by atoms with E-state index in [0.29, 0.717) is 52.8 Å². The van der Waals surface area contributed by atoms with Crippen LogP contribution in [0.5, 0.6) is 5.75 Å². The van der Waals surface area contributed by atoms with Crippen LogP contribution in [0.2, 0.25) is 0 Å². The number of hydrogen-bond donors (Lipinski definition) is 1. The fourth-order valence-corrected chi connectivity index (χ4v) is 5.93. The highest BCUT2D eigenvalue weighted by molar-refractivity contribution is 5.65. The minimum Gasteiger partial charge on any atom is -0.490 e. The van der Waals surface area contributed by atoms with Crippen molar-refractivity contribution in [2.24, 2.45) is 0 Å². The number of piperidine rings is 1. The molecule has 0 bridgehead atoms. The van der Waals surface area contributed by atoms with Crippen LogP contribution < -0.4 is 9.64 Å².